The molecule has 0 aliphatic heterocycles. The summed E-state index contributed by atoms with van der Waals surface area (Å²) in [7, 11) is -3.88. The largest absolute Gasteiger partial charge is 0.436 e. The van der Waals surface area contributed by atoms with Crippen LogP contribution in [0.15, 0.2) is 75.1 Å². The Bertz CT molecular complexity index is 1070. The molecule has 24 heavy (non-hydrogen) atoms. The number of para-hydroxylation sites is 1. The molecule has 0 fully saturated rings. The van der Waals surface area contributed by atoms with Crippen molar-refractivity contribution in [2.75, 3.05) is 0 Å². The lowest BCUT2D eigenvalue weighted by atomic mass is 10.2. The lowest BCUT2D eigenvalue weighted by Crippen LogP contribution is -2.27. The molecule has 0 saturated carbocycles. The Kier molecular flexibility index (Phi) is 4.05. The summed E-state index contributed by atoms with van der Waals surface area (Å²) in [6, 6.07) is 16.1. The molecule has 0 aliphatic carbocycles. The number of hydrogen-bond donors (Lipinski definition) is 2. The van der Waals surface area contributed by atoms with Crippen LogP contribution in [0.4, 0.5) is 0 Å². The van der Waals surface area contributed by atoms with Gasteiger partial charge in [-0.25, -0.2) is 0 Å². The van der Waals surface area contributed by atoms with Gasteiger partial charge in [-0.15, -0.1) is 5.10 Å². The van der Waals surface area contributed by atoms with Crippen molar-refractivity contribution >= 4 is 26.9 Å². The lowest BCUT2D eigenvalue weighted by Gasteiger charge is -2.04. The molecular weight excluding hydrogens is 330 g/mol. The molecule has 1 heterocycles. The number of amides is 1. The monoisotopic (exact) mass is 343 g/mol. The number of primary amides is 1. The Morgan fingerprint density at radius 2 is 1.71 bits per heavy atom. The van der Waals surface area contributed by atoms with Crippen LogP contribution in [0, 0.1) is 0 Å². The van der Waals surface area contributed by atoms with E-state index in [0.717, 1.165) is 0 Å². The van der Waals surface area contributed by atoms with E-state index in [-0.39, 0.29) is 16.0 Å². The minimum atomic E-state index is -3.88. The van der Waals surface area contributed by atoms with E-state index in [4.69, 9.17) is 10.2 Å². The Balaban J connectivity index is 2.09. The van der Waals surface area contributed by atoms with Crippen molar-refractivity contribution in [1.29, 1.82) is 0 Å². The first-order valence-corrected chi connectivity index (χ1v) is 8.39. The summed E-state index contributed by atoms with van der Waals surface area (Å²) >= 11 is 0. The fourth-order valence-electron chi connectivity index (χ4n) is 2.08. The maximum atomic E-state index is 12.2. The second kappa shape index (κ2) is 6.17. The lowest BCUT2D eigenvalue weighted by molar-refractivity contribution is 0.0996. The van der Waals surface area contributed by atoms with Crippen LogP contribution in [-0.2, 0) is 10.0 Å². The van der Waals surface area contributed by atoms with Crippen molar-refractivity contribution in [3.05, 3.63) is 71.8 Å². The number of nitrogens with two attached hydrogens (primary N) is 1. The van der Waals surface area contributed by atoms with Gasteiger partial charge < -0.3 is 10.2 Å². The van der Waals surface area contributed by atoms with Gasteiger partial charge >= 0.3 is 0 Å². The normalized spacial score (nSPS) is 12.2. The van der Waals surface area contributed by atoms with Gasteiger partial charge in [0.15, 0.2) is 0 Å². The minimum absolute atomic E-state index is 0.0236. The van der Waals surface area contributed by atoms with Gasteiger partial charge in [-0.1, -0.05) is 36.4 Å². The van der Waals surface area contributed by atoms with Crippen LogP contribution in [0.25, 0.3) is 11.0 Å². The summed E-state index contributed by atoms with van der Waals surface area (Å²) in [5.74, 6) is -0.776. The first-order chi connectivity index (χ1) is 11.5. The number of fused-ring (bicyclic) bond motifs is 1. The van der Waals surface area contributed by atoms with Gasteiger partial charge in [-0.05, 0) is 24.3 Å². The molecule has 0 unspecified atom stereocenters. The maximum Gasteiger partial charge on any atom is 0.276 e. The van der Waals surface area contributed by atoms with Crippen LogP contribution in [-0.4, -0.2) is 14.3 Å². The predicted molar refractivity (Wildman–Crippen MR) is 87.1 cm³/mol. The van der Waals surface area contributed by atoms with E-state index in [9.17, 15) is 13.2 Å². The van der Waals surface area contributed by atoms with Crippen LogP contribution in [0.2, 0.25) is 0 Å². The summed E-state index contributed by atoms with van der Waals surface area (Å²) < 4.78 is 29.9. The summed E-state index contributed by atoms with van der Waals surface area (Å²) in [6.07, 6.45) is 0. The van der Waals surface area contributed by atoms with Crippen molar-refractivity contribution in [1.82, 2.24) is 4.83 Å². The molecule has 0 saturated heterocycles. The highest BCUT2D eigenvalue weighted by Crippen LogP contribution is 2.12. The fourth-order valence-corrected chi connectivity index (χ4v) is 2.91. The zero-order chi connectivity index (χ0) is 17.2. The Morgan fingerprint density at radius 1 is 1.04 bits per heavy atom. The Labute approximate surface area is 137 Å². The van der Waals surface area contributed by atoms with Crippen LogP contribution >= 0.6 is 0 Å². The van der Waals surface area contributed by atoms with Gasteiger partial charge in [0, 0.05) is 5.39 Å². The summed E-state index contributed by atoms with van der Waals surface area (Å²) in [4.78, 5) is 13.7. The van der Waals surface area contributed by atoms with Crippen molar-refractivity contribution in [2.24, 2.45) is 10.8 Å². The number of rotatable bonds is 4. The average Bonchev–Trinajstić information content (AvgIpc) is 2.60. The molecule has 3 N–H and O–H groups in total. The molecule has 8 heteroatoms. The molecule has 0 spiro atoms. The molecule has 3 rings (SSSR count). The SMILES string of the molecule is NC(=O)c1cc2ccccc2o/c1=N/NS(=O)(=O)c1ccccc1. The molecule has 1 amide bonds. The smallest absolute Gasteiger partial charge is 0.276 e. The minimum Gasteiger partial charge on any atom is -0.436 e. The van der Waals surface area contributed by atoms with E-state index >= 15 is 0 Å². The number of hydrogen-bond acceptors (Lipinski definition) is 5. The maximum absolute atomic E-state index is 12.2. The Hall–Kier alpha value is -3.13. The van der Waals surface area contributed by atoms with E-state index in [1.807, 2.05) is 4.83 Å². The molecule has 3 aromatic rings. The van der Waals surface area contributed by atoms with Gasteiger partial charge in [-0.3, -0.25) is 4.79 Å². The van der Waals surface area contributed by atoms with Crippen LogP contribution in [0.5, 0.6) is 0 Å². The van der Waals surface area contributed by atoms with Gasteiger partial charge in [0.1, 0.15) is 11.1 Å². The quantitative estimate of drug-likeness (QED) is 0.695. The second-order valence-electron chi connectivity index (χ2n) is 4.89. The first kappa shape index (κ1) is 15.8. The van der Waals surface area contributed by atoms with E-state index in [2.05, 4.69) is 5.10 Å². The highest BCUT2D eigenvalue weighted by molar-refractivity contribution is 7.89. The predicted octanol–water partition coefficient (Wildman–Crippen LogP) is 1.33. The first-order valence-electron chi connectivity index (χ1n) is 6.91. The number of carbonyl (C=O) groups excluding carboxylic acids is 1. The van der Waals surface area contributed by atoms with Crippen molar-refractivity contribution < 1.29 is 17.6 Å². The van der Waals surface area contributed by atoms with Crippen LogP contribution < -0.4 is 16.1 Å². The zero-order valence-corrected chi connectivity index (χ0v) is 13.2. The van der Waals surface area contributed by atoms with E-state index in [0.29, 0.717) is 11.0 Å². The van der Waals surface area contributed by atoms with E-state index in [1.54, 1.807) is 42.5 Å². The number of sulfonamides is 1. The summed E-state index contributed by atoms with van der Waals surface area (Å²) in [6.45, 7) is 0. The molecule has 0 aliphatic rings. The van der Waals surface area contributed by atoms with Crippen LogP contribution in [0.1, 0.15) is 10.4 Å². The number of benzene rings is 2. The van der Waals surface area contributed by atoms with Crippen LogP contribution in [0.3, 0.4) is 0 Å². The van der Waals surface area contributed by atoms with E-state index < -0.39 is 15.9 Å². The highest BCUT2D eigenvalue weighted by Gasteiger charge is 2.14. The van der Waals surface area contributed by atoms with Gasteiger partial charge in [0.05, 0.1) is 4.90 Å². The molecule has 0 bridgehead atoms. The van der Waals surface area contributed by atoms with Crippen molar-refractivity contribution in [3.8, 4) is 0 Å². The number of nitrogens with one attached hydrogen (secondary N) is 1. The number of nitrogens with zero attached hydrogens (tertiary/aromatic N) is 1. The third-order valence-corrected chi connectivity index (χ3v) is 4.47. The highest BCUT2D eigenvalue weighted by atomic mass is 32.2. The summed E-state index contributed by atoms with van der Waals surface area (Å²) in [5.41, 5.74) is 5.53. The molecule has 7 nitrogen and oxygen atoms in total. The van der Waals surface area contributed by atoms with E-state index in [1.165, 1.54) is 18.2 Å². The molecule has 1 aromatic heterocycles. The van der Waals surface area contributed by atoms with Crippen molar-refractivity contribution in [3.63, 3.8) is 0 Å². The molecule has 0 atom stereocenters. The molecule has 122 valence electrons. The molecular formula is C16H13N3O4S. The number of carbonyl (C=O) groups is 1. The third-order valence-electron chi connectivity index (χ3n) is 3.24. The zero-order valence-electron chi connectivity index (χ0n) is 12.3. The molecule has 0 radical (unpaired) electrons. The average molecular weight is 343 g/mol. The van der Waals surface area contributed by atoms with Gasteiger partial charge in [0.2, 0.25) is 5.55 Å². The summed E-state index contributed by atoms with van der Waals surface area (Å²) in [5, 5.41) is 4.37. The Morgan fingerprint density at radius 3 is 2.42 bits per heavy atom. The topological polar surface area (TPSA) is 115 Å². The van der Waals surface area contributed by atoms with Crippen molar-refractivity contribution in [2.45, 2.75) is 4.90 Å². The van der Waals surface area contributed by atoms with Gasteiger partial charge in [0.25, 0.3) is 15.9 Å². The third kappa shape index (κ3) is 3.13. The fraction of sp³-hybridized carbons (Fsp3) is 0. The molecule has 2 aromatic carbocycles. The van der Waals surface area contributed by atoms with Gasteiger partial charge in [-0.2, -0.15) is 13.2 Å². The standard InChI is InChI=1S/C16H13N3O4S/c17-15(20)13-10-11-6-4-5-9-14(11)23-16(13)18-19-24(21,22)12-7-2-1-3-8-12/h1-10,19H,(H2,17,20)/b18-16+. The second-order valence-corrected chi connectivity index (χ2v) is 6.55.